The minimum atomic E-state index is 0.0856. The minimum Gasteiger partial charge on any atom is -0.337 e. The average molecular weight is 379 g/mol. The zero-order valence-electron chi connectivity index (χ0n) is 15.6. The first kappa shape index (κ1) is 17.8. The minimum absolute atomic E-state index is 0.0856. The van der Waals surface area contributed by atoms with E-state index in [0.29, 0.717) is 6.54 Å². The monoisotopic (exact) mass is 378 g/mol. The fourth-order valence-corrected chi connectivity index (χ4v) is 4.34. The molecule has 6 heteroatoms. The van der Waals surface area contributed by atoms with Crippen molar-refractivity contribution in [2.45, 2.75) is 32.6 Å². The lowest BCUT2D eigenvalue weighted by molar-refractivity contribution is 0.0710. The van der Waals surface area contributed by atoms with E-state index in [-0.39, 0.29) is 11.8 Å². The highest BCUT2D eigenvalue weighted by Crippen LogP contribution is 2.29. The van der Waals surface area contributed by atoms with Crippen molar-refractivity contribution in [1.29, 1.82) is 0 Å². The predicted molar refractivity (Wildman–Crippen MR) is 107 cm³/mol. The van der Waals surface area contributed by atoms with Crippen molar-refractivity contribution in [3.05, 3.63) is 64.0 Å². The Labute approximate surface area is 163 Å². The van der Waals surface area contributed by atoms with Gasteiger partial charge in [0.2, 0.25) is 0 Å². The molecule has 1 aromatic carbocycles. The van der Waals surface area contributed by atoms with Gasteiger partial charge < -0.3 is 4.90 Å². The van der Waals surface area contributed by atoms with E-state index >= 15 is 0 Å². The number of thiazole rings is 1. The Morgan fingerprint density at radius 1 is 1.26 bits per heavy atom. The number of hydrogen-bond donors (Lipinski definition) is 0. The van der Waals surface area contributed by atoms with Crippen molar-refractivity contribution in [2.24, 2.45) is 0 Å². The van der Waals surface area contributed by atoms with Crippen LogP contribution in [0.4, 0.5) is 0 Å². The summed E-state index contributed by atoms with van der Waals surface area (Å²) in [6.07, 6.45) is 5.66. The molecule has 3 heterocycles. The molecule has 0 N–H and O–H groups in total. The number of piperidine rings is 1. The van der Waals surface area contributed by atoms with E-state index in [1.54, 1.807) is 5.51 Å². The van der Waals surface area contributed by atoms with Gasteiger partial charge >= 0.3 is 0 Å². The molecule has 0 radical (unpaired) electrons. The van der Waals surface area contributed by atoms with Crippen molar-refractivity contribution >= 4 is 17.2 Å². The Morgan fingerprint density at radius 3 is 2.93 bits per heavy atom. The molecule has 1 saturated heterocycles. The molecule has 0 aliphatic carbocycles. The molecule has 3 aromatic rings. The van der Waals surface area contributed by atoms with Crippen LogP contribution in [0.5, 0.6) is 0 Å². The number of nitrogens with zero attached hydrogens (tertiary/aromatic N) is 4. The predicted octanol–water partition coefficient (Wildman–Crippen LogP) is 4.24. The summed E-state index contributed by atoms with van der Waals surface area (Å²) in [5, 5.41) is 0. The van der Waals surface area contributed by atoms with Gasteiger partial charge in [0.05, 0.1) is 28.8 Å². The highest BCUT2D eigenvalue weighted by atomic mass is 32.1. The molecule has 5 nitrogen and oxygen atoms in total. The molecule has 1 fully saturated rings. The van der Waals surface area contributed by atoms with Gasteiger partial charge in [-0.05, 0) is 32.8 Å². The van der Waals surface area contributed by atoms with Crippen LogP contribution in [0.3, 0.4) is 0 Å². The van der Waals surface area contributed by atoms with Crippen LogP contribution in [0.15, 0.2) is 42.2 Å². The zero-order chi connectivity index (χ0) is 18.8. The third-order valence-electron chi connectivity index (χ3n) is 5.03. The van der Waals surface area contributed by atoms with Gasteiger partial charge in [-0.2, -0.15) is 0 Å². The van der Waals surface area contributed by atoms with Crippen LogP contribution in [0, 0.1) is 13.8 Å². The lowest BCUT2D eigenvalue weighted by Gasteiger charge is -2.32. The van der Waals surface area contributed by atoms with Crippen LogP contribution in [0.25, 0.3) is 11.3 Å². The lowest BCUT2D eigenvalue weighted by atomic mass is 9.94. The summed E-state index contributed by atoms with van der Waals surface area (Å²) in [5.41, 5.74) is 6.68. The number of hydrogen-bond acceptors (Lipinski definition) is 5. The molecule has 27 heavy (non-hydrogen) atoms. The first-order chi connectivity index (χ1) is 13.1. The number of amides is 1. The molecule has 1 aliphatic rings. The topological polar surface area (TPSA) is 59.0 Å². The van der Waals surface area contributed by atoms with Gasteiger partial charge in [-0.25, -0.2) is 9.97 Å². The smallest absolute Gasteiger partial charge is 0.265 e. The number of rotatable bonds is 3. The number of aryl methyl sites for hydroxylation is 2. The van der Waals surface area contributed by atoms with Crippen molar-refractivity contribution in [1.82, 2.24) is 19.9 Å². The Hall–Kier alpha value is -2.60. The first-order valence-electron chi connectivity index (χ1n) is 9.20. The highest BCUT2D eigenvalue weighted by Gasteiger charge is 2.28. The largest absolute Gasteiger partial charge is 0.337 e. The quantitative estimate of drug-likeness (QED) is 0.684. The van der Waals surface area contributed by atoms with Crippen LogP contribution in [-0.2, 0) is 0 Å². The number of likely N-dealkylation sites (tertiary alicyclic amines) is 1. The summed E-state index contributed by atoms with van der Waals surface area (Å²) in [6, 6.07) is 8.30. The molecule has 0 saturated carbocycles. The molecule has 1 aliphatic heterocycles. The van der Waals surface area contributed by atoms with Gasteiger partial charge in [-0.3, -0.25) is 9.78 Å². The van der Waals surface area contributed by atoms with Gasteiger partial charge in [0, 0.05) is 30.8 Å². The number of carbonyl (C=O) groups excluding carboxylic acids is 1. The summed E-state index contributed by atoms with van der Waals surface area (Å²) in [5.74, 6) is 0.302. The van der Waals surface area contributed by atoms with Crippen molar-refractivity contribution in [3.63, 3.8) is 0 Å². The lowest BCUT2D eigenvalue weighted by Crippen LogP contribution is -2.39. The normalized spacial score (nSPS) is 17.1. The molecule has 4 rings (SSSR count). The number of carbonyl (C=O) groups is 1. The van der Waals surface area contributed by atoms with Crippen molar-refractivity contribution < 1.29 is 4.79 Å². The van der Waals surface area contributed by atoms with E-state index in [0.717, 1.165) is 46.9 Å². The van der Waals surface area contributed by atoms with E-state index in [2.05, 4.69) is 35.1 Å². The molecule has 1 atom stereocenters. The fraction of sp³-hybridized carbons (Fsp3) is 0.333. The van der Waals surface area contributed by atoms with Crippen molar-refractivity contribution in [2.75, 3.05) is 13.1 Å². The maximum absolute atomic E-state index is 12.8. The van der Waals surface area contributed by atoms with Gasteiger partial charge in [0.25, 0.3) is 5.91 Å². The van der Waals surface area contributed by atoms with Gasteiger partial charge in [0.15, 0.2) is 0 Å². The number of benzene rings is 1. The summed E-state index contributed by atoms with van der Waals surface area (Å²) in [6.45, 7) is 5.44. The van der Waals surface area contributed by atoms with Crippen molar-refractivity contribution in [3.8, 4) is 11.3 Å². The second-order valence-corrected chi connectivity index (χ2v) is 7.91. The average Bonchev–Trinajstić information content (AvgIpc) is 3.13. The Bertz CT molecular complexity index is 968. The Kier molecular flexibility index (Phi) is 4.99. The SMILES string of the molecule is Cc1cccc(-c2cncc(C3CCCN(C(=O)c4scnc4C)C3)n2)c1. The maximum Gasteiger partial charge on any atom is 0.265 e. The molecular formula is C21H22N4OS. The second-order valence-electron chi connectivity index (χ2n) is 7.06. The van der Waals surface area contributed by atoms with Crippen LogP contribution in [-0.4, -0.2) is 38.8 Å². The van der Waals surface area contributed by atoms with E-state index in [1.165, 1.54) is 16.9 Å². The maximum atomic E-state index is 12.8. The standard InChI is InChI=1S/C21H22N4OS/c1-14-5-3-6-16(9-14)18-10-22-11-19(24-18)17-7-4-8-25(12-17)21(26)20-15(2)23-13-27-20/h3,5-6,9-11,13,17H,4,7-8,12H2,1-2H3. The Balaban J connectivity index is 1.56. The summed E-state index contributed by atoms with van der Waals surface area (Å²) < 4.78 is 0. The Morgan fingerprint density at radius 2 is 2.15 bits per heavy atom. The van der Waals surface area contributed by atoms with Crippen LogP contribution in [0.1, 0.15) is 45.4 Å². The molecule has 0 bridgehead atoms. The zero-order valence-corrected chi connectivity index (χ0v) is 16.4. The van der Waals surface area contributed by atoms with Gasteiger partial charge in [-0.15, -0.1) is 11.3 Å². The summed E-state index contributed by atoms with van der Waals surface area (Å²) in [4.78, 5) is 29.0. The second kappa shape index (κ2) is 7.56. The molecule has 1 amide bonds. The first-order valence-corrected chi connectivity index (χ1v) is 10.1. The molecule has 0 spiro atoms. The van der Waals surface area contributed by atoms with Gasteiger partial charge in [0.1, 0.15) is 4.88 Å². The number of aromatic nitrogens is 3. The fourth-order valence-electron chi connectivity index (χ4n) is 3.58. The summed E-state index contributed by atoms with van der Waals surface area (Å²) in [7, 11) is 0. The van der Waals surface area contributed by atoms with E-state index in [9.17, 15) is 4.79 Å². The van der Waals surface area contributed by atoms with Gasteiger partial charge in [-0.1, -0.05) is 23.8 Å². The molecule has 138 valence electrons. The van der Waals surface area contributed by atoms with E-state index in [1.807, 2.05) is 30.3 Å². The van der Waals surface area contributed by atoms with Crippen LogP contribution in [0.2, 0.25) is 0 Å². The third-order valence-corrected chi connectivity index (χ3v) is 5.95. The third kappa shape index (κ3) is 3.76. The molecule has 1 unspecified atom stereocenters. The summed E-state index contributed by atoms with van der Waals surface area (Å²) >= 11 is 1.42. The van der Waals surface area contributed by atoms with E-state index in [4.69, 9.17) is 4.98 Å². The molecular weight excluding hydrogens is 356 g/mol. The van der Waals surface area contributed by atoms with Crippen LogP contribution >= 0.6 is 11.3 Å². The highest BCUT2D eigenvalue weighted by molar-refractivity contribution is 7.11. The van der Waals surface area contributed by atoms with Crippen LogP contribution < -0.4 is 0 Å². The molecule has 2 aromatic heterocycles. The van der Waals surface area contributed by atoms with E-state index < -0.39 is 0 Å².